The van der Waals surface area contributed by atoms with Gasteiger partial charge in [0, 0.05) is 32.1 Å². The van der Waals surface area contributed by atoms with Gasteiger partial charge in [-0.15, -0.1) is 5.10 Å². The second-order valence-corrected chi connectivity index (χ2v) is 4.61. The summed E-state index contributed by atoms with van der Waals surface area (Å²) in [5.74, 6) is 1.37. The molecule has 5 heteroatoms. The molecule has 1 N–H and O–H groups in total. The molecule has 5 nitrogen and oxygen atoms in total. The smallest absolute Gasteiger partial charge is 0.148 e. The number of carbonyl (C=O) groups is 1. The van der Waals surface area contributed by atoms with Gasteiger partial charge in [0.1, 0.15) is 11.6 Å². The highest BCUT2D eigenvalue weighted by Crippen LogP contribution is 2.24. The van der Waals surface area contributed by atoms with Crippen molar-refractivity contribution in [3.63, 3.8) is 0 Å². The Morgan fingerprint density at radius 1 is 1.39 bits per heavy atom. The number of nitrogens with one attached hydrogen (secondary N) is 1. The second-order valence-electron chi connectivity index (χ2n) is 4.61. The number of ketones is 1. The lowest BCUT2D eigenvalue weighted by Crippen LogP contribution is -2.16. The fraction of sp³-hybridized carbons (Fsp3) is 0.615. The van der Waals surface area contributed by atoms with E-state index < -0.39 is 0 Å². The van der Waals surface area contributed by atoms with E-state index in [1.54, 1.807) is 6.92 Å². The third kappa shape index (κ3) is 3.77. The van der Waals surface area contributed by atoms with Crippen molar-refractivity contribution in [3.05, 3.63) is 17.8 Å². The number of hydrogen-bond donors (Lipinski definition) is 1. The molecule has 1 fully saturated rings. The number of ether oxygens (including phenoxy) is 1. The van der Waals surface area contributed by atoms with Crippen LogP contribution in [0.2, 0.25) is 0 Å². The van der Waals surface area contributed by atoms with E-state index in [2.05, 4.69) is 15.5 Å². The average molecular weight is 249 g/mol. The standard InChI is InChI=1S/C13H19N3O2/c1-10(17)4-7-14-13-3-2-12(15-16-13)11-5-8-18-9-6-11/h2-3,11H,4-9H2,1H3,(H,14,16). The first-order valence-electron chi connectivity index (χ1n) is 6.40. The van der Waals surface area contributed by atoms with Crippen LogP contribution in [-0.4, -0.2) is 35.7 Å². The van der Waals surface area contributed by atoms with Crippen LogP contribution in [-0.2, 0) is 9.53 Å². The number of rotatable bonds is 5. The molecule has 1 aromatic rings. The van der Waals surface area contributed by atoms with Gasteiger partial charge >= 0.3 is 0 Å². The second kappa shape index (κ2) is 6.44. The molecule has 0 bridgehead atoms. The van der Waals surface area contributed by atoms with Gasteiger partial charge in [0.2, 0.25) is 0 Å². The van der Waals surface area contributed by atoms with Crippen LogP contribution in [0.25, 0.3) is 0 Å². The summed E-state index contributed by atoms with van der Waals surface area (Å²) in [7, 11) is 0. The summed E-state index contributed by atoms with van der Waals surface area (Å²) in [5, 5.41) is 11.5. The van der Waals surface area contributed by atoms with Crippen molar-refractivity contribution < 1.29 is 9.53 Å². The Labute approximate surface area is 107 Å². The van der Waals surface area contributed by atoms with Gasteiger partial charge in [-0.3, -0.25) is 4.79 Å². The van der Waals surface area contributed by atoms with E-state index in [0.717, 1.165) is 37.6 Å². The van der Waals surface area contributed by atoms with Crippen molar-refractivity contribution in [1.82, 2.24) is 10.2 Å². The highest BCUT2D eigenvalue weighted by molar-refractivity contribution is 5.75. The van der Waals surface area contributed by atoms with Gasteiger partial charge in [-0.2, -0.15) is 5.10 Å². The van der Waals surface area contributed by atoms with Gasteiger partial charge in [0.25, 0.3) is 0 Å². The number of hydrogen-bond acceptors (Lipinski definition) is 5. The molecular weight excluding hydrogens is 230 g/mol. The van der Waals surface area contributed by atoms with Gasteiger partial charge < -0.3 is 10.1 Å². The molecule has 2 heterocycles. The number of nitrogens with zero attached hydrogens (tertiary/aromatic N) is 2. The molecule has 1 aliphatic heterocycles. The van der Waals surface area contributed by atoms with Crippen molar-refractivity contribution in [2.24, 2.45) is 0 Å². The van der Waals surface area contributed by atoms with Gasteiger partial charge in [-0.1, -0.05) is 0 Å². The molecule has 1 aromatic heterocycles. The van der Waals surface area contributed by atoms with Crippen molar-refractivity contribution in [2.45, 2.75) is 32.1 Å². The third-order valence-electron chi connectivity index (χ3n) is 3.11. The van der Waals surface area contributed by atoms with E-state index >= 15 is 0 Å². The zero-order chi connectivity index (χ0) is 12.8. The van der Waals surface area contributed by atoms with Crippen LogP contribution in [0.3, 0.4) is 0 Å². The number of carbonyl (C=O) groups excluding carboxylic acids is 1. The van der Waals surface area contributed by atoms with Gasteiger partial charge in [0.05, 0.1) is 5.69 Å². The summed E-state index contributed by atoms with van der Waals surface area (Å²) < 4.78 is 5.33. The molecule has 0 aliphatic carbocycles. The normalized spacial score (nSPS) is 16.5. The SMILES string of the molecule is CC(=O)CCNc1ccc(C2CCOCC2)nn1. The van der Waals surface area contributed by atoms with Crippen LogP contribution in [0, 0.1) is 0 Å². The minimum absolute atomic E-state index is 0.175. The Morgan fingerprint density at radius 2 is 2.17 bits per heavy atom. The monoisotopic (exact) mass is 249 g/mol. The molecule has 0 unspecified atom stereocenters. The van der Waals surface area contributed by atoms with Crippen molar-refractivity contribution >= 4 is 11.6 Å². The highest BCUT2D eigenvalue weighted by atomic mass is 16.5. The predicted octanol–water partition coefficient (Wildman–Crippen LogP) is 1.76. The molecule has 0 aromatic carbocycles. The molecule has 0 spiro atoms. The molecular formula is C13H19N3O2. The highest BCUT2D eigenvalue weighted by Gasteiger charge is 2.17. The topological polar surface area (TPSA) is 64.1 Å². The molecule has 1 aliphatic rings. The zero-order valence-electron chi connectivity index (χ0n) is 10.7. The molecule has 1 saturated heterocycles. The number of anilines is 1. The molecule has 18 heavy (non-hydrogen) atoms. The lowest BCUT2D eigenvalue weighted by Gasteiger charge is -2.20. The molecule has 0 atom stereocenters. The van der Waals surface area contributed by atoms with E-state index in [0.29, 0.717) is 18.9 Å². The largest absolute Gasteiger partial charge is 0.381 e. The van der Waals surface area contributed by atoms with Crippen LogP contribution in [0.5, 0.6) is 0 Å². The van der Waals surface area contributed by atoms with Gasteiger partial charge in [-0.05, 0) is 31.9 Å². The van der Waals surface area contributed by atoms with E-state index in [-0.39, 0.29) is 5.78 Å². The molecule has 98 valence electrons. The fourth-order valence-electron chi connectivity index (χ4n) is 2.01. The summed E-state index contributed by atoms with van der Waals surface area (Å²) in [6.07, 6.45) is 2.56. The van der Waals surface area contributed by atoms with Gasteiger partial charge in [-0.25, -0.2) is 0 Å². The van der Waals surface area contributed by atoms with Gasteiger partial charge in [0.15, 0.2) is 0 Å². The van der Waals surface area contributed by atoms with Crippen LogP contribution < -0.4 is 5.32 Å². The number of aromatic nitrogens is 2. The van der Waals surface area contributed by atoms with Crippen molar-refractivity contribution in [3.8, 4) is 0 Å². The molecule has 0 saturated carbocycles. The maximum Gasteiger partial charge on any atom is 0.148 e. The van der Waals surface area contributed by atoms with E-state index in [1.807, 2.05) is 12.1 Å². The van der Waals surface area contributed by atoms with Crippen molar-refractivity contribution in [2.75, 3.05) is 25.1 Å². The molecule has 0 amide bonds. The zero-order valence-corrected chi connectivity index (χ0v) is 10.7. The maximum absolute atomic E-state index is 10.8. The fourth-order valence-corrected chi connectivity index (χ4v) is 2.01. The Balaban J connectivity index is 1.86. The minimum Gasteiger partial charge on any atom is -0.381 e. The Bertz CT molecular complexity index is 386. The molecule has 0 radical (unpaired) electrons. The van der Waals surface area contributed by atoms with Crippen LogP contribution in [0.4, 0.5) is 5.82 Å². The first kappa shape index (κ1) is 13.0. The van der Waals surface area contributed by atoms with E-state index in [1.165, 1.54) is 0 Å². The molecule has 2 rings (SSSR count). The van der Waals surface area contributed by atoms with Crippen molar-refractivity contribution in [1.29, 1.82) is 0 Å². The maximum atomic E-state index is 10.8. The first-order chi connectivity index (χ1) is 8.75. The van der Waals surface area contributed by atoms with Crippen LogP contribution >= 0.6 is 0 Å². The van der Waals surface area contributed by atoms with Crippen LogP contribution in [0.1, 0.15) is 37.8 Å². The quantitative estimate of drug-likeness (QED) is 0.861. The summed E-state index contributed by atoms with van der Waals surface area (Å²) >= 11 is 0. The Kier molecular flexibility index (Phi) is 4.64. The average Bonchev–Trinajstić information content (AvgIpc) is 2.40. The number of Topliss-reactive ketones (excluding diaryl/α,β-unsaturated/α-hetero) is 1. The lowest BCUT2D eigenvalue weighted by atomic mass is 9.96. The van der Waals surface area contributed by atoms with Crippen LogP contribution in [0.15, 0.2) is 12.1 Å². The minimum atomic E-state index is 0.175. The Morgan fingerprint density at radius 3 is 2.78 bits per heavy atom. The summed E-state index contributed by atoms with van der Waals surface area (Å²) in [5.41, 5.74) is 1.04. The van der Waals surface area contributed by atoms with E-state index in [9.17, 15) is 4.79 Å². The first-order valence-corrected chi connectivity index (χ1v) is 6.40. The third-order valence-corrected chi connectivity index (χ3v) is 3.11. The summed E-state index contributed by atoms with van der Waals surface area (Å²) in [6, 6.07) is 3.94. The van der Waals surface area contributed by atoms with E-state index in [4.69, 9.17) is 4.74 Å². The summed E-state index contributed by atoms with van der Waals surface area (Å²) in [4.78, 5) is 10.8. The summed E-state index contributed by atoms with van der Waals surface area (Å²) in [6.45, 7) is 3.82. The lowest BCUT2D eigenvalue weighted by molar-refractivity contribution is -0.116. The predicted molar refractivity (Wildman–Crippen MR) is 68.6 cm³/mol. The Hall–Kier alpha value is -1.49.